The van der Waals surface area contributed by atoms with Crippen molar-refractivity contribution in [1.29, 1.82) is 0 Å². The molecular formula is C14H20ClN3O3. The molecule has 0 aliphatic rings. The van der Waals surface area contributed by atoms with Crippen LogP contribution in [0, 0.1) is 0 Å². The average molecular weight is 314 g/mol. The number of carboxylic acid groups (broad SMARTS) is 1. The van der Waals surface area contributed by atoms with Gasteiger partial charge in [-0.25, -0.2) is 9.78 Å². The quantitative estimate of drug-likeness (QED) is 0.766. The van der Waals surface area contributed by atoms with Gasteiger partial charge in [-0.2, -0.15) is 0 Å². The van der Waals surface area contributed by atoms with Crippen LogP contribution in [0.1, 0.15) is 26.2 Å². The minimum Gasteiger partial charge on any atom is -0.480 e. The van der Waals surface area contributed by atoms with E-state index in [1.807, 2.05) is 6.92 Å². The number of hydrogen-bond donors (Lipinski definition) is 2. The number of rotatable bonds is 8. The third-order valence-corrected chi connectivity index (χ3v) is 3.19. The predicted molar refractivity (Wildman–Crippen MR) is 81.6 cm³/mol. The number of aliphatic carboxylic acids is 1. The number of halogens is 1. The van der Waals surface area contributed by atoms with Crippen LogP contribution in [0.25, 0.3) is 0 Å². The Bertz CT molecular complexity index is 479. The molecule has 1 rings (SSSR count). The van der Waals surface area contributed by atoms with Crippen LogP contribution in [-0.4, -0.2) is 41.6 Å². The normalized spacial score (nSPS) is 11.8. The number of likely N-dealkylation sites (N-methyl/N-ethyl adjacent to an activating group) is 1. The van der Waals surface area contributed by atoms with Gasteiger partial charge in [-0.3, -0.25) is 4.79 Å². The highest BCUT2D eigenvalue weighted by molar-refractivity contribution is 6.30. The van der Waals surface area contributed by atoms with Gasteiger partial charge in [0.2, 0.25) is 5.91 Å². The monoisotopic (exact) mass is 313 g/mol. The van der Waals surface area contributed by atoms with E-state index in [0.29, 0.717) is 17.3 Å². The van der Waals surface area contributed by atoms with Crippen LogP contribution < -0.4 is 10.2 Å². The summed E-state index contributed by atoms with van der Waals surface area (Å²) in [7, 11) is 1.71. The number of nitrogens with zero attached hydrogens (tertiary/aromatic N) is 2. The molecule has 0 aromatic carbocycles. The maximum absolute atomic E-state index is 11.9. The zero-order valence-electron chi connectivity index (χ0n) is 12.2. The van der Waals surface area contributed by atoms with Crippen molar-refractivity contribution >= 4 is 29.3 Å². The fourth-order valence-corrected chi connectivity index (χ4v) is 1.91. The van der Waals surface area contributed by atoms with Crippen LogP contribution in [0.4, 0.5) is 5.82 Å². The Balaban J connectivity index is 2.54. The lowest BCUT2D eigenvalue weighted by Crippen LogP contribution is -2.45. The molecule has 0 saturated heterocycles. The SMILES string of the molecule is CCCC[C@H](NC(=O)CN(C)c1ccc(Cl)cn1)C(=O)O. The molecule has 116 valence electrons. The van der Waals surface area contributed by atoms with E-state index >= 15 is 0 Å². The summed E-state index contributed by atoms with van der Waals surface area (Å²) in [4.78, 5) is 28.7. The molecular weight excluding hydrogens is 294 g/mol. The Morgan fingerprint density at radius 3 is 2.71 bits per heavy atom. The van der Waals surface area contributed by atoms with Gasteiger partial charge in [0.05, 0.1) is 11.6 Å². The van der Waals surface area contributed by atoms with Gasteiger partial charge in [0.1, 0.15) is 11.9 Å². The molecule has 0 saturated carbocycles. The van der Waals surface area contributed by atoms with Crippen molar-refractivity contribution < 1.29 is 14.7 Å². The smallest absolute Gasteiger partial charge is 0.326 e. The molecule has 2 N–H and O–H groups in total. The molecule has 0 radical (unpaired) electrons. The second kappa shape index (κ2) is 8.46. The van der Waals surface area contributed by atoms with Gasteiger partial charge >= 0.3 is 5.97 Å². The zero-order valence-corrected chi connectivity index (χ0v) is 12.9. The van der Waals surface area contributed by atoms with Crippen molar-refractivity contribution in [3.05, 3.63) is 23.4 Å². The highest BCUT2D eigenvalue weighted by atomic mass is 35.5. The Kier molecular flexibility index (Phi) is 6.94. The van der Waals surface area contributed by atoms with E-state index in [2.05, 4.69) is 10.3 Å². The molecule has 1 aromatic heterocycles. The van der Waals surface area contributed by atoms with Gasteiger partial charge in [-0.05, 0) is 18.6 Å². The summed E-state index contributed by atoms with van der Waals surface area (Å²) in [6.07, 6.45) is 3.56. The van der Waals surface area contributed by atoms with E-state index in [1.165, 1.54) is 6.20 Å². The molecule has 1 amide bonds. The number of nitrogens with one attached hydrogen (secondary N) is 1. The summed E-state index contributed by atoms with van der Waals surface area (Å²) in [6, 6.07) is 2.53. The lowest BCUT2D eigenvalue weighted by molar-refractivity contribution is -0.141. The summed E-state index contributed by atoms with van der Waals surface area (Å²) < 4.78 is 0. The maximum Gasteiger partial charge on any atom is 0.326 e. The first-order valence-corrected chi connectivity index (χ1v) is 7.16. The van der Waals surface area contributed by atoms with E-state index in [1.54, 1.807) is 24.1 Å². The van der Waals surface area contributed by atoms with Gasteiger partial charge in [-0.1, -0.05) is 31.4 Å². The molecule has 1 heterocycles. The third kappa shape index (κ3) is 5.99. The molecule has 6 nitrogen and oxygen atoms in total. The topological polar surface area (TPSA) is 82.5 Å². The largest absolute Gasteiger partial charge is 0.480 e. The number of carbonyl (C=O) groups is 2. The van der Waals surface area contributed by atoms with Crippen LogP contribution in [0.2, 0.25) is 5.02 Å². The van der Waals surface area contributed by atoms with E-state index < -0.39 is 12.0 Å². The number of pyridine rings is 1. The van der Waals surface area contributed by atoms with Gasteiger partial charge in [0, 0.05) is 13.2 Å². The van der Waals surface area contributed by atoms with Gasteiger partial charge < -0.3 is 15.3 Å². The number of aromatic nitrogens is 1. The molecule has 7 heteroatoms. The highest BCUT2D eigenvalue weighted by Crippen LogP contribution is 2.12. The van der Waals surface area contributed by atoms with Crippen LogP contribution in [-0.2, 0) is 9.59 Å². The molecule has 0 unspecified atom stereocenters. The fourth-order valence-electron chi connectivity index (χ4n) is 1.80. The summed E-state index contributed by atoms with van der Waals surface area (Å²) in [6.45, 7) is 2.01. The van der Waals surface area contributed by atoms with E-state index in [9.17, 15) is 9.59 Å². The van der Waals surface area contributed by atoms with Crippen LogP contribution in [0.5, 0.6) is 0 Å². The van der Waals surface area contributed by atoms with E-state index in [4.69, 9.17) is 16.7 Å². The van der Waals surface area contributed by atoms with Crippen LogP contribution in [0.15, 0.2) is 18.3 Å². The number of carbonyl (C=O) groups excluding carboxylic acids is 1. The van der Waals surface area contributed by atoms with Crippen LogP contribution in [0.3, 0.4) is 0 Å². The van der Waals surface area contributed by atoms with Crippen molar-refractivity contribution in [2.24, 2.45) is 0 Å². The maximum atomic E-state index is 11.9. The lowest BCUT2D eigenvalue weighted by Gasteiger charge is -2.20. The zero-order chi connectivity index (χ0) is 15.8. The van der Waals surface area contributed by atoms with E-state index in [-0.39, 0.29) is 12.5 Å². The van der Waals surface area contributed by atoms with Crippen molar-refractivity contribution in [3.63, 3.8) is 0 Å². The molecule has 1 atom stereocenters. The van der Waals surface area contributed by atoms with Crippen molar-refractivity contribution in [1.82, 2.24) is 10.3 Å². The summed E-state index contributed by atoms with van der Waals surface area (Å²) >= 11 is 5.75. The predicted octanol–water partition coefficient (Wildman–Crippen LogP) is 1.93. The minimum atomic E-state index is -1.01. The average Bonchev–Trinajstić information content (AvgIpc) is 2.43. The van der Waals surface area contributed by atoms with Crippen molar-refractivity contribution in [2.45, 2.75) is 32.2 Å². The van der Waals surface area contributed by atoms with E-state index in [0.717, 1.165) is 12.8 Å². The van der Waals surface area contributed by atoms with Crippen LogP contribution >= 0.6 is 11.6 Å². The Morgan fingerprint density at radius 1 is 1.48 bits per heavy atom. The first-order valence-electron chi connectivity index (χ1n) is 6.79. The standard InChI is InChI=1S/C14H20ClN3O3/c1-3-4-5-11(14(20)21)17-13(19)9-18(2)12-7-6-10(15)8-16-12/h6-8,11H,3-5,9H2,1-2H3,(H,17,19)(H,20,21)/t11-/m0/s1. The molecule has 0 spiro atoms. The molecule has 0 aliphatic carbocycles. The van der Waals surface area contributed by atoms with Gasteiger partial charge in [0.15, 0.2) is 0 Å². The molecule has 0 bridgehead atoms. The molecule has 21 heavy (non-hydrogen) atoms. The lowest BCUT2D eigenvalue weighted by atomic mass is 10.1. The number of amides is 1. The number of unbranched alkanes of at least 4 members (excludes halogenated alkanes) is 1. The summed E-state index contributed by atoms with van der Waals surface area (Å²) in [5, 5.41) is 12.1. The third-order valence-electron chi connectivity index (χ3n) is 2.96. The Labute approximate surface area is 129 Å². The number of carboxylic acids is 1. The molecule has 0 fully saturated rings. The van der Waals surface area contributed by atoms with Gasteiger partial charge in [0.25, 0.3) is 0 Å². The van der Waals surface area contributed by atoms with Crippen molar-refractivity contribution in [3.8, 4) is 0 Å². The first-order chi connectivity index (χ1) is 9.93. The second-order valence-corrected chi connectivity index (χ2v) is 5.23. The number of anilines is 1. The van der Waals surface area contributed by atoms with Gasteiger partial charge in [-0.15, -0.1) is 0 Å². The second-order valence-electron chi connectivity index (χ2n) is 4.79. The van der Waals surface area contributed by atoms with Crippen molar-refractivity contribution in [2.75, 3.05) is 18.5 Å². The Hall–Kier alpha value is -1.82. The number of hydrogen-bond acceptors (Lipinski definition) is 4. The Morgan fingerprint density at radius 2 is 2.19 bits per heavy atom. The molecule has 0 aliphatic heterocycles. The first kappa shape index (κ1) is 17.2. The summed E-state index contributed by atoms with van der Waals surface area (Å²) in [5.74, 6) is -0.767. The summed E-state index contributed by atoms with van der Waals surface area (Å²) in [5.41, 5.74) is 0. The highest BCUT2D eigenvalue weighted by Gasteiger charge is 2.20. The molecule has 1 aromatic rings. The minimum absolute atomic E-state index is 0.0323. The fraction of sp³-hybridized carbons (Fsp3) is 0.500.